The Balaban J connectivity index is 2.08. The van der Waals surface area contributed by atoms with Crippen LogP contribution in [0.1, 0.15) is 37.7 Å². The first-order valence-electron chi connectivity index (χ1n) is 9.86. The number of nitrogens with one attached hydrogen (secondary N) is 2. The molecule has 8 nitrogen and oxygen atoms in total. The molecule has 0 aliphatic carbocycles. The number of pyridine rings is 1. The second-order valence-electron chi connectivity index (χ2n) is 7.65. The van der Waals surface area contributed by atoms with Gasteiger partial charge in [-0.05, 0) is 30.9 Å². The smallest absolute Gasteiger partial charge is 0.426 e. The zero-order valence-corrected chi connectivity index (χ0v) is 17.3. The maximum atomic E-state index is 12.6. The summed E-state index contributed by atoms with van der Waals surface area (Å²) in [5.41, 5.74) is 1.89. The predicted octanol–water partition coefficient (Wildman–Crippen LogP) is 0.771. The highest BCUT2D eigenvalue weighted by Crippen LogP contribution is 2.17. The fraction of sp³-hybridized carbons (Fsp3) is 0.381. The average Bonchev–Trinajstić information content (AvgIpc) is 2.71. The maximum Gasteiger partial charge on any atom is 0.475 e. The Kier molecular flexibility index (Phi) is 8.52. The summed E-state index contributed by atoms with van der Waals surface area (Å²) in [6.07, 6.45) is 0.683. The minimum absolute atomic E-state index is 0.0917. The van der Waals surface area contributed by atoms with E-state index >= 15 is 0 Å². The zero-order chi connectivity index (χ0) is 22.3. The molecule has 30 heavy (non-hydrogen) atoms. The Morgan fingerprint density at radius 3 is 2.17 bits per heavy atom. The van der Waals surface area contributed by atoms with Gasteiger partial charge in [-0.15, -0.1) is 0 Å². The summed E-state index contributed by atoms with van der Waals surface area (Å²) in [5, 5.41) is 33.9. The highest BCUT2D eigenvalue weighted by molar-refractivity contribution is 6.43. The number of aliphatic hydroxyl groups is 1. The summed E-state index contributed by atoms with van der Waals surface area (Å²) in [6, 6.07) is 11.6. The van der Waals surface area contributed by atoms with E-state index < -0.39 is 37.0 Å². The number of rotatable bonds is 9. The fourth-order valence-electron chi connectivity index (χ4n) is 2.99. The van der Waals surface area contributed by atoms with E-state index in [9.17, 15) is 24.7 Å². The van der Waals surface area contributed by atoms with Crippen LogP contribution >= 0.6 is 0 Å². The number of hydrogen-bond acceptors (Lipinski definition) is 6. The molecular weight excluding hydrogens is 385 g/mol. The molecule has 0 saturated carbocycles. The summed E-state index contributed by atoms with van der Waals surface area (Å²) >= 11 is 0. The minimum atomic E-state index is -1.76. The summed E-state index contributed by atoms with van der Waals surface area (Å²) in [4.78, 5) is 29.3. The van der Waals surface area contributed by atoms with Gasteiger partial charge in [0.1, 0.15) is 11.7 Å². The first-order chi connectivity index (χ1) is 14.2. The van der Waals surface area contributed by atoms with Crippen molar-refractivity contribution < 1.29 is 24.7 Å². The van der Waals surface area contributed by atoms with Crippen LogP contribution in [0.25, 0.3) is 11.1 Å². The van der Waals surface area contributed by atoms with Crippen molar-refractivity contribution in [2.24, 2.45) is 5.92 Å². The molecule has 3 atom stereocenters. The van der Waals surface area contributed by atoms with E-state index in [0.29, 0.717) is 6.42 Å². The van der Waals surface area contributed by atoms with Gasteiger partial charge in [-0.3, -0.25) is 14.6 Å². The molecule has 2 amide bonds. The number of carbonyl (C=O) groups is 2. The van der Waals surface area contributed by atoms with Crippen LogP contribution in [0.2, 0.25) is 0 Å². The first-order valence-corrected chi connectivity index (χ1v) is 9.86. The maximum absolute atomic E-state index is 12.6. The topological polar surface area (TPSA) is 132 Å². The number of benzene rings is 1. The van der Waals surface area contributed by atoms with E-state index in [0.717, 1.165) is 11.1 Å². The van der Waals surface area contributed by atoms with Crippen LogP contribution in [0.15, 0.2) is 48.7 Å². The third kappa shape index (κ3) is 6.65. The molecule has 1 aromatic carbocycles. The Morgan fingerprint density at radius 1 is 1.00 bits per heavy atom. The van der Waals surface area contributed by atoms with Crippen molar-refractivity contribution in [1.82, 2.24) is 15.6 Å². The highest BCUT2D eigenvalue weighted by atomic mass is 16.4. The Morgan fingerprint density at radius 2 is 1.67 bits per heavy atom. The molecule has 2 rings (SSSR count). The molecule has 0 saturated heterocycles. The Hall–Kier alpha value is -2.75. The van der Waals surface area contributed by atoms with Crippen molar-refractivity contribution in [3.63, 3.8) is 0 Å². The van der Waals surface area contributed by atoms with Crippen LogP contribution in [0.3, 0.4) is 0 Å². The molecule has 2 aromatic rings. The molecule has 0 fully saturated rings. The SMILES string of the molecule is CC(C)C[C@H](NC(=O)[C@@H](NC(=O)c1ccc(-c2ccccc2)cn1)[C@@H](C)O)B(O)O. The molecule has 160 valence electrons. The molecule has 0 aliphatic heterocycles. The number of carbonyl (C=O) groups excluding carboxylic acids is 2. The molecule has 1 heterocycles. The number of aliphatic hydroxyl groups excluding tert-OH is 1. The van der Waals surface area contributed by atoms with Crippen LogP contribution in [-0.2, 0) is 4.79 Å². The van der Waals surface area contributed by atoms with Crippen molar-refractivity contribution >= 4 is 18.9 Å². The molecular formula is C21H28BN3O5. The molecule has 0 aliphatic rings. The van der Waals surface area contributed by atoms with Crippen LogP contribution in [0.4, 0.5) is 0 Å². The zero-order valence-electron chi connectivity index (χ0n) is 17.3. The highest BCUT2D eigenvalue weighted by Gasteiger charge is 2.32. The van der Waals surface area contributed by atoms with E-state index in [4.69, 9.17) is 0 Å². The molecule has 0 spiro atoms. The summed E-state index contributed by atoms with van der Waals surface area (Å²) < 4.78 is 0. The van der Waals surface area contributed by atoms with Gasteiger partial charge in [0.2, 0.25) is 5.91 Å². The second-order valence-corrected chi connectivity index (χ2v) is 7.65. The van der Waals surface area contributed by atoms with Gasteiger partial charge < -0.3 is 25.8 Å². The van der Waals surface area contributed by atoms with E-state index in [1.165, 1.54) is 13.0 Å². The number of amides is 2. The summed E-state index contributed by atoms with van der Waals surface area (Å²) in [6.45, 7) is 5.11. The van der Waals surface area contributed by atoms with Gasteiger partial charge in [0.15, 0.2) is 0 Å². The number of aromatic nitrogens is 1. The van der Waals surface area contributed by atoms with Crippen molar-refractivity contribution in [2.75, 3.05) is 0 Å². The number of hydrogen-bond donors (Lipinski definition) is 5. The third-order valence-electron chi connectivity index (χ3n) is 4.57. The van der Waals surface area contributed by atoms with Gasteiger partial charge in [-0.2, -0.15) is 0 Å². The van der Waals surface area contributed by atoms with Crippen molar-refractivity contribution in [3.05, 3.63) is 54.4 Å². The van der Waals surface area contributed by atoms with Gasteiger partial charge in [-0.25, -0.2) is 0 Å². The molecule has 0 unspecified atom stereocenters. The van der Waals surface area contributed by atoms with E-state index in [1.54, 1.807) is 12.3 Å². The van der Waals surface area contributed by atoms with Gasteiger partial charge in [0, 0.05) is 11.8 Å². The van der Waals surface area contributed by atoms with Gasteiger partial charge >= 0.3 is 7.12 Å². The van der Waals surface area contributed by atoms with Gasteiger partial charge in [0.05, 0.1) is 12.0 Å². The standard InChI is InChI=1S/C21H28BN3O5/c1-13(2)11-18(22(29)30)24-21(28)19(14(3)26)25-20(27)17-10-9-16(12-23-17)15-7-5-4-6-8-15/h4-10,12-14,18-19,26,29-30H,11H2,1-3H3,(H,24,28)(H,25,27)/t14-,18+,19+/m1/s1. The second kappa shape index (κ2) is 10.9. The third-order valence-corrected chi connectivity index (χ3v) is 4.57. The summed E-state index contributed by atoms with van der Waals surface area (Å²) in [5.74, 6) is -2.15. The van der Waals surface area contributed by atoms with Gasteiger partial charge in [-0.1, -0.05) is 50.2 Å². The quantitative estimate of drug-likeness (QED) is 0.386. The van der Waals surface area contributed by atoms with Crippen molar-refractivity contribution in [1.29, 1.82) is 0 Å². The van der Waals surface area contributed by atoms with Crippen LogP contribution in [0, 0.1) is 5.92 Å². The lowest BCUT2D eigenvalue weighted by molar-refractivity contribution is -0.125. The van der Waals surface area contributed by atoms with Gasteiger partial charge in [0.25, 0.3) is 5.91 Å². The van der Waals surface area contributed by atoms with E-state index in [-0.39, 0.29) is 11.6 Å². The summed E-state index contributed by atoms with van der Waals surface area (Å²) in [7, 11) is -1.76. The molecule has 5 N–H and O–H groups in total. The Labute approximate surface area is 176 Å². The Bertz CT molecular complexity index is 828. The fourth-order valence-corrected chi connectivity index (χ4v) is 2.99. The number of nitrogens with zero attached hydrogens (tertiary/aromatic N) is 1. The van der Waals surface area contributed by atoms with Crippen LogP contribution in [0.5, 0.6) is 0 Å². The van der Waals surface area contributed by atoms with E-state index in [1.807, 2.05) is 44.2 Å². The lowest BCUT2D eigenvalue weighted by Gasteiger charge is -2.25. The lowest BCUT2D eigenvalue weighted by atomic mass is 9.75. The van der Waals surface area contributed by atoms with Crippen molar-refractivity contribution in [3.8, 4) is 11.1 Å². The monoisotopic (exact) mass is 413 g/mol. The molecule has 1 aromatic heterocycles. The van der Waals surface area contributed by atoms with E-state index in [2.05, 4.69) is 15.6 Å². The largest absolute Gasteiger partial charge is 0.475 e. The van der Waals surface area contributed by atoms with Crippen molar-refractivity contribution in [2.45, 2.75) is 45.3 Å². The average molecular weight is 413 g/mol. The minimum Gasteiger partial charge on any atom is -0.426 e. The normalized spacial score (nSPS) is 14.0. The van der Waals surface area contributed by atoms with Crippen LogP contribution in [-0.4, -0.2) is 57.2 Å². The predicted molar refractivity (Wildman–Crippen MR) is 114 cm³/mol. The lowest BCUT2D eigenvalue weighted by Crippen LogP contribution is -2.57. The molecule has 0 bridgehead atoms. The molecule has 0 radical (unpaired) electrons. The van der Waals surface area contributed by atoms with Crippen LogP contribution < -0.4 is 10.6 Å². The molecule has 9 heteroatoms. The first kappa shape index (κ1) is 23.5.